The second kappa shape index (κ2) is 7.40. The van der Waals surface area contributed by atoms with Crippen molar-refractivity contribution in [3.05, 3.63) is 0 Å². The van der Waals surface area contributed by atoms with Crippen LogP contribution in [0.5, 0.6) is 0 Å². The predicted octanol–water partition coefficient (Wildman–Crippen LogP) is -0.889. The molecule has 2 aliphatic heterocycles. The first-order valence-electron chi connectivity index (χ1n) is 7.68. The molecular formula is C14H24N4O3. The highest BCUT2D eigenvalue weighted by molar-refractivity contribution is 5.89. The van der Waals surface area contributed by atoms with E-state index in [0.717, 1.165) is 25.7 Å². The van der Waals surface area contributed by atoms with E-state index in [1.807, 2.05) is 4.90 Å². The fourth-order valence-electron chi connectivity index (χ4n) is 3.00. The normalized spacial score (nSPS) is 27.5. The van der Waals surface area contributed by atoms with E-state index >= 15 is 0 Å². The van der Waals surface area contributed by atoms with E-state index in [1.54, 1.807) is 0 Å². The Hall–Kier alpha value is -1.63. The highest BCUT2D eigenvalue weighted by Gasteiger charge is 2.29. The summed E-state index contributed by atoms with van der Waals surface area (Å²) in [5, 5.41) is 5.56. The maximum atomic E-state index is 12.1. The Kier molecular flexibility index (Phi) is 5.55. The number of carbonyl (C=O) groups excluding carboxylic acids is 3. The summed E-state index contributed by atoms with van der Waals surface area (Å²) < 4.78 is 0. The summed E-state index contributed by atoms with van der Waals surface area (Å²) in [6.45, 7) is 1.48. The molecule has 2 heterocycles. The Morgan fingerprint density at radius 2 is 2.00 bits per heavy atom. The molecule has 21 heavy (non-hydrogen) atoms. The highest BCUT2D eigenvalue weighted by Crippen LogP contribution is 2.16. The van der Waals surface area contributed by atoms with Gasteiger partial charge in [-0.05, 0) is 38.6 Å². The van der Waals surface area contributed by atoms with Gasteiger partial charge in [0.1, 0.15) is 6.04 Å². The van der Waals surface area contributed by atoms with Crippen molar-refractivity contribution >= 4 is 17.7 Å². The second-order valence-electron chi connectivity index (χ2n) is 5.79. The molecule has 0 aromatic rings. The molecule has 0 aromatic carbocycles. The number of hydrogen-bond donors (Lipinski definition) is 3. The first kappa shape index (κ1) is 15.8. The van der Waals surface area contributed by atoms with E-state index in [4.69, 9.17) is 5.73 Å². The largest absolute Gasteiger partial charge is 0.368 e. The van der Waals surface area contributed by atoms with Crippen LogP contribution in [0.15, 0.2) is 0 Å². The van der Waals surface area contributed by atoms with Gasteiger partial charge in [-0.1, -0.05) is 6.42 Å². The van der Waals surface area contributed by atoms with E-state index in [1.165, 1.54) is 0 Å². The molecule has 0 saturated carbocycles. The third-order valence-electron chi connectivity index (χ3n) is 4.16. The first-order valence-corrected chi connectivity index (χ1v) is 7.68. The van der Waals surface area contributed by atoms with E-state index in [0.29, 0.717) is 25.9 Å². The lowest BCUT2D eigenvalue weighted by Crippen LogP contribution is -2.53. The zero-order valence-electron chi connectivity index (χ0n) is 12.3. The van der Waals surface area contributed by atoms with Crippen molar-refractivity contribution in [2.75, 3.05) is 19.6 Å². The molecule has 4 N–H and O–H groups in total. The van der Waals surface area contributed by atoms with Crippen molar-refractivity contribution in [1.29, 1.82) is 0 Å². The van der Waals surface area contributed by atoms with Gasteiger partial charge in [0, 0.05) is 6.54 Å². The molecule has 2 rings (SSSR count). The number of amides is 3. The van der Waals surface area contributed by atoms with Gasteiger partial charge in [-0.25, -0.2) is 0 Å². The number of likely N-dealkylation sites (tertiary alicyclic amines) is 1. The molecule has 2 saturated heterocycles. The smallest absolute Gasteiger partial charge is 0.242 e. The van der Waals surface area contributed by atoms with Gasteiger partial charge in [0.05, 0.1) is 12.6 Å². The van der Waals surface area contributed by atoms with Crippen LogP contribution in [0.3, 0.4) is 0 Å². The third-order valence-corrected chi connectivity index (χ3v) is 4.16. The van der Waals surface area contributed by atoms with Crippen LogP contribution in [0.25, 0.3) is 0 Å². The molecule has 2 atom stereocenters. The quantitative estimate of drug-likeness (QED) is 0.626. The van der Waals surface area contributed by atoms with Crippen LogP contribution in [0.4, 0.5) is 0 Å². The molecule has 0 radical (unpaired) electrons. The van der Waals surface area contributed by atoms with Gasteiger partial charge in [-0.2, -0.15) is 0 Å². The van der Waals surface area contributed by atoms with Crippen LogP contribution in [-0.2, 0) is 14.4 Å². The topological polar surface area (TPSA) is 105 Å². The van der Waals surface area contributed by atoms with Crippen molar-refractivity contribution in [3.8, 4) is 0 Å². The molecule has 2 unspecified atom stereocenters. The molecule has 7 nitrogen and oxygen atoms in total. The number of hydrogen-bond acceptors (Lipinski definition) is 4. The maximum Gasteiger partial charge on any atom is 0.242 e. The molecule has 118 valence electrons. The lowest BCUT2D eigenvalue weighted by Gasteiger charge is -2.33. The standard InChI is InChI=1S/C14H24N4O3/c15-13(20)11-6-2-4-8-18(11)9-12(19)17-10-5-1-3-7-16-14(10)21/h10-11H,1-9H2,(H2,15,20)(H,16,21)(H,17,19). The van der Waals surface area contributed by atoms with Crippen LogP contribution < -0.4 is 16.4 Å². The minimum Gasteiger partial charge on any atom is -0.368 e. The molecule has 0 spiro atoms. The van der Waals surface area contributed by atoms with Crippen LogP contribution in [0, 0.1) is 0 Å². The molecule has 0 bridgehead atoms. The van der Waals surface area contributed by atoms with Crippen molar-refractivity contribution < 1.29 is 14.4 Å². The molecule has 0 aliphatic carbocycles. The SMILES string of the molecule is NC(=O)C1CCCCN1CC(=O)NC1CCCCNC1=O. The monoisotopic (exact) mass is 296 g/mol. The van der Waals surface area contributed by atoms with Crippen molar-refractivity contribution in [1.82, 2.24) is 15.5 Å². The lowest BCUT2D eigenvalue weighted by atomic mass is 10.0. The zero-order chi connectivity index (χ0) is 15.2. The average Bonchev–Trinajstić information content (AvgIpc) is 2.64. The Morgan fingerprint density at radius 1 is 1.24 bits per heavy atom. The van der Waals surface area contributed by atoms with E-state index in [-0.39, 0.29) is 30.3 Å². The summed E-state index contributed by atoms with van der Waals surface area (Å²) in [5.74, 6) is -0.717. The van der Waals surface area contributed by atoms with Crippen LogP contribution in [0.1, 0.15) is 38.5 Å². The number of rotatable bonds is 4. The van der Waals surface area contributed by atoms with Gasteiger partial charge in [-0.15, -0.1) is 0 Å². The fourth-order valence-corrected chi connectivity index (χ4v) is 3.00. The molecule has 0 aromatic heterocycles. The van der Waals surface area contributed by atoms with E-state index in [2.05, 4.69) is 10.6 Å². The average molecular weight is 296 g/mol. The number of nitrogens with two attached hydrogens (primary N) is 1. The second-order valence-corrected chi connectivity index (χ2v) is 5.79. The Morgan fingerprint density at radius 3 is 2.76 bits per heavy atom. The number of nitrogens with zero attached hydrogens (tertiary/aromatic N) is 1. The van der Waals surface area contributed by atoms with Crippen molar-refractivity contribution in [2.24, 2.45) is 5.73 Å². The summed E-state index contributed by atoms with van der Waals surface area (Å²) in [7, 11) is 0. The van der Waals surface area contributed by atoms with Gasteiger partial charge in [0.2, 0.25) is 17.7 Å². The Labute approximate surface area is 124 Å². The predicted molar refractivity (Wildman–Crippen MR) is 77.2 cm³/mol. The lowest BCUT2D eigenvalue weighted by molar-refractivity contribution is -0.131. The molecule has 7 heteroatoms. The maximum absolute atomic E-state index is 12.1. The summed E-state index contributed by atoms with van der Waals surface area (Å²) >= 11 is 0. The zero-order valence-corrected chi connectivity index (χ0v) is 12.3. The van der Waals surface area contributed by atoms with Crippen molar-refractivity contribution in [3.63, 3.8) is 0 Å². The molecule has 2 aliphatic rings. The van der Waals surface area contributed by atoms with Gasteiger partial charge in [0.15, 0.2) is 0 Å². The van der Waals surface area contributed by atoms with Gasteiger partial charge < -0.3 is 16.4 Å². The summed E-state index contributed by atoms with van der Waals surface area (Å²) in [6.07, 6.45) is 5.13. The number of primary amides is 1. The summed E-state index contributed by atoms with van der Waals surface area (Å²) in [4.78, 5) is 37.2. The summed E-state index contributed by atoms with van der Waals surface area (Å²) in [6, 6.07) is -0.829. The third kappa shape index (κ3) is 4.42. The molecular weight excluding hydrogens is 272 g/mol. The van der Waals surface area contributed by atoms with Crippen molar-refractivity contribution in [2.45, 2.75) is 50.6 Å². The van der Waals surface area contributed by atoms with Crippen LogP contribution >= 0.6 is 0 Å². The molecule has 2 fully saturated rings. The van der Waals surface area contributed by atoms with Gasteiger partial charge in [0.25, 0.3) is 0 Å². The highest BCUT2D eigenvalue weighted by atomic mass is 16.2. The first-order chi connectivity index (χ1) is 10.1. The number of nitrogens with one attached hydrogen (secondary N) is 2. The Bertz CT molecular complexity index is 413. The Balaban J connectivity index is 1.87. The van der Waals surface area contributed by atoms with Gasteiger partial charge in [-0.3, -0.25) is 19.3 Å². The van der Waals surface area contributed by atoms with E-state index in [9.17, 15) is 14.4 Å². The fraction of sp³-hybridized carbons (Fsp3) is 0.786. The minimum atomic E-state index is -0.461. The van der Waals surface area contributed by atoms with Gasteiger partial charge >= 0.3 is 0 Å². The van der Waals surface area contributed by atoms with Crippen LogP contribution in [-0.4, -0.2) is 54.3 Å². The number of piperidine rings is 1. The number of carbonyl (C=O) groups is 3. The summed E-state index contributed by atoms with van der Waals surface area (Å²) in [5.41, 5.74) is 5.38. The van der Waals surface area contributed by atoms with E-state index < -0.39 is 6.04 Å². The van der Waals surface area contributed by atoms with Crippen LogP contribution in [0.2, 0.25) is 0 Å². The minimum absolute atomic E-state index is 0.119. The molecule has 3 amide bonds.